The van der Waals surface area contributed by atoms with E-state index in [1.54, 1.807) is 0 Å². The van der Waals surface area contributed by atoms with Crippen LogP contribution in [0.5, 0.6) is 5.75 Å². The number of aryl methyl sites for hydroxylation is 1. The smallest absolute Gasteiger partial charge is 0.122 e. The maximum atomic E-state index is 9.71. The van der Waals surface area contributed by atoms with Crippen LogP contribution in [0.1, 0.15) is 25.8 Å². The SMILES string of the molecule is CCCNC[C@@H](O)COc1ccccc1CC. The summed E-state index contributed by atoms with van der Waals surface area (Å²) in [5.74, 6) is 0.879. The van der Waals surface area contributed by atoms with Crippen molar-refractivity contribution in [3.63, 3.8) is 0 Å². The summed E-state index contributed by atoms with van der Waals surface area (Å²) < 4.78 is 5.63. The third-order valence-corrected chi connectivity index (χ3v) is 2.59. The third-order valence-electron chi connectivity index (χ3n) is 2.59. The van der Waals surface area contributed by atoms with Gasteiger partial charge in [0, 0.05) is 6.54 Å². The van der Waals surface area contributed by atoms with Gasteiger partial charge in [-0.15, -0.1) is 0 Å². The summed E-state index contributed by atoms with van der Waals surface area (Å²) in [4.78, 5) is 0. The second-order valence-electron chi connectivity index (χ2n) is 4.13. The number of hydrogen-bond donors (Lipinski definition) is 2. The van der Waals surface area contributed by atoms with E-state index in [9.17, 15) is 5.11 Å². The minimum Gasteiger partial charge on any atom is -0.491 e. The van der Waals surface area contributed by atoms with Crippen molar-refractivity contribution in [3.05, 3.63) is 29.8 Å². The Bertz CT molecular complexity index is 315. The monoisotopic (exact) mass is 237 g/mol. The Kier molecular flexibility index (Phi) is 6.67. The van der Waals surface area contributed by atoms with Gasteiger partial charge in [0.25, 0.3) is 0 Å². The molecule has 0 heterocycles. The molecule has 0 radical (unpaired) electrons. The second-order valence-corrected chi connectivity index (χ2v) is 4.13. The summed E-state index contributed by atoms with van der Waals surface area (Å²) in [6.45, 7) is 6.06. The first-order valence-electron chi connectivity index (χ1n) is 6.37. The number of aliphatic hydroxyl groups is 1. The van der Waals surface area contributed by atoms with Gasteiger partial charge in [-0.3, -0.25) is 0 Å². The summed E-state index contributed by atoms with van der Waals surface area (Å²) >= 11 is 0. The van der Waals surface area contributed by atoms with Gasteiger partial charge >= 0.3 is 0 Å². The summed E-state index contributed by atoms with van der Waals surface area (Å²) in [6, 6.07) is 7.96. The minimum atomic E-state index is -0.452. The zero-order valence-corrected chi connectivity index (χ0v) is 10.8. The molecular weight excluding hydrogens is 214 g/mol. The molecule has 1 atom stereocenters. The van der Waals surface area contributed by atoms with Crippen molar-refractivity contribution in [2.45, 2.75) is 32.8 Å². The van der Waals surface area contributed by atoms with Gasteiger partial charge in [0.1, 0.15) is 18.5 Å². The summed E-state index contributed by atoms with van der Waals surface area (Å²) in [6.07, 6.45) is 1.57. The van der Waals surface area contributed by atoms with E-state index in [0.717, 1.165) is 25.1 Å². The molecule has 1 aromatic rings. The van der Waals surface area contributed by atoms with Crippen LogP contribution in [0.2, 0.25) is 0 Å². The average molecular weight is 237 g/mol. The Hall–Kier alpha value is -1.06. The van der Waals surface area contributed by atoms with Gasteiger partial charge in [-0.1, -0.05) is 32.0 Å². The van der Waals surface area contributed by atoms with Gasteiger partial charge in [0.05, 0.1) is 0 Å². The fraction of sp³-hybridized carbons (Fsp3) is 0.571. The lowest BCUT2D eigenvalue weighted by molar-refractivity contribution is 0.106. The summed E-state index contributed by atoms with van der Waals surface area (Å²) in [7, 11) is 0. The van der Waals surface area contributed by atoms with Crippen molar-refractivity contribution in [3.8, 4) is 5.75 Å². The van der Waals surface area contributed by atoms with Crippen LogP contribution in [0.15, 0.2) is 24.3 Å². The molecule has 1 rings (SSSR count). The van der Waals surface area contributed by atoms with Crippen molar-refractivity contribution in [1.29, 1.82) is 0 Å². The highest BCUT2D eigenvalue weighted by atomic mass is 16.5. The molecule has 0 aromatic heterocycles. The number of rotatable bonds is 8. The van der Waals surface area contributed by atoms with Crippen molar-refractivity contribution >= 4 is 0 Å². The maximum absolute atomic E-state index is 9.71. The molecule has 0 bridgehead atoms. The highest BCUT2D eigenvalue weighted by molar-refractivity contribution is 5.33. The lowest BCUT2D eigenvalue weighted by Gasteiger charge is -2.14. The molecule has 0 unspecified atom stereocenters. The molecule has 0 saturated carbocycles. The third kappa shape index (κ3) is 5.20. The Balaban J connectivity index is 2.33. The number of aliphatic hydroxyl groups excluding tert-OH is 1. The van der Waals surface area contributed by atoms with Crippen molar-refractivity contribution < 1.29 is 9.84 Å². The molecule has 96 valence electrons. The number of para-hydroxylation sites is 1. The van der Waals surface area contributed by atoms with E-state index in [4.69, 9.17) is 4.74 Å². The Labute approximate surface area is 104 Å². The van der Waals surface area contributed by atoms with E-state index in [1.807, 2.05) is 18.2 Å². The Morgan fingerprint density at radius 2 is 2.06 bits per heavy atom. The number of ether oxygens (including phenoxy) is 1. The average Bonchev–Trinajstić information content (AvgIpc) is 2.37. The molecule has 0 saturated heterocycles. The highest BCUT2D eigenvalue weighted by Crippen LogP contribution is 2.18. The number of nitrogens with one attached hydrogen (secondary N) is 1. The molecule has 0 amide bonds. The lowest BCUT2D eigenvalue weighted by Crippen LogP contribution is -2.31. The van der Waals surface area contributed by atoms with E-state index in [-0.39, 0.29) is 0 Å². The van der Waals surface area contributed by atoms with Crippen LogP contribution in [0.25, 0.3) is 0 Å². The van der Waals surface area contributed by atoms with E-state index in [1.165, 1.54) is 5.56 Å². The molecule has 0 aliphatic heterocycles. The molecule has 0 fully saturated rings. The van der Waals surface area contributed by atoms with Gasteiger partial charge in [-0.2, -0.15) is 0 Å². The quantitative estimate of drug-likeness (QED) is 0.679. The Morgan fingerprint density at radius 1 is 1.29 bits per heavy atom. The van der Waals surface area contributed by atoms with Crippen molar-refractivity contribution in [2.24, 2.45) is 0 Å². The molecule has 0 aliphatic carbocycles. The zero-order chi connectivity index (χ0) is 12.5. The normalized spacial score (nSPS) is 12.4. The van der Waals surface area contributed by atoms with Gasteiger partial charge in [0.15, 0.2) is 0 Å². The topological polar surface area (TPSA) is 41.5 Å². The molecular formula is C14H23NO2. The number of hydrogen-bond acceptors (Lipinski definition) is 3. The van der Waals surface area contributed by atoms with Gasteiger partial charge in [0.2, 0.25) is 0 Å². The lowest BCUT2D eigenvalue weighted by atomic mass is 10.1. The first kappa shape index (κ1) is 14.0. The van der Waals surface area contributed by atoms with Crippen LogP contribution in [-0.4, -0.2) is 30.9 Å². The first-order valence-corrected chi connectivity index (χ1v) is 6.37. The van der Waals surface area contributed by atoms with Crippen LogP contribution in [0, 0.1) is 0 Å². The van der Waals surface area contributed by atoms with Crippen LogP contribution >= 0.6 is 0 Å². The molecule has 0 aliphatic rings. The van der Waals surface area contributed by atoms with Crippen LogP contribution < -0.4 is 10.1 Å². The predicted octanol–water partition coefficient (Wildman–Crippen LogP) is 1.99. The standard InChI is InChI=1S/C14H23NO2/c1-3-9-15-10-13(16)11-17-14-8-6-5-7-12(14)4-2/h5-8,13,15-16H,3-4,9-11H2,1-2H3/t13-/m1/s1. The molecule has 0 spiro atoms. The second kappa shape index (κ2) is 8.09. The highest BCUT2D eigenvalue weighted by Gasteiger charge is 2.06. The summed E-state index contributed by atoms with van der Waals surface area (Å²) in [5.41, 5.74) is 1.18. The molecule has 3 heteroatoms. The van der Waals surface area contributed by atoms with Gasteiger partial charge < -0.3 is 15.2 Å². The fourth-order valence-corrected chi connectivity index (χ4v) is 1.63. The minimum absolute atomic E-state index is 0.341. The molecule has 1 aromatic carbocycles. The maximum Gasteiger partial charge on any atom is 0.122 e. The van der Waals surface area contributed by atoms with Gasteiger partial charge in [-0.25, -0.2) is 0 Å². The largest absolute Gasteiger partial charge is 0.491 e. The van der Waals surface area contributed by atoms with Gasteiger partial charge in [-0.05, 0) is 31.0 Å². The van der Waals surface area contributed by atoms with Crippen LogP contribution in [0.3, 0.4) is 0 Å². The summed E-state index contributed by atoms with van der Waals surface area (Å²) in [5, 5.41) is 12.9. The van der Waals surface area contributed by atoms with Crippen LogP contribution in [-0.2, 0) is 6.42 Å². The van der Waals surface area contributed by atoms with Crippen molar-refractivity contribution in [1.82, 2.24) is 5.32 Å². The first-order chi connectivity index (χ1) is 8.27. The van der Waals surface area contributed by atoms with E-state index in [0.29, 0.717) is 13.2 Å². The molecule has 17 heavy (non-hydrogen) atoms. The fourth-order valence-electron chi connectivity index (χ4n) is 1.63. The van der Waals surface area contributed by atoms with E-state index < -0.39 is 6.10 Å². The molecule has 3 nitrogen and oxygen atoms in total. The predicted molar refractivity (Wildman–Crippen MR) is 70.5 cm³/mol. The van der Waals surface area contributed by atoms with Crippen molar-refractivity contribution in [2.75, 3.05) is 19.7 Å². The molecule has 2 N–H and O–H groups in total. The Morgan fingerprint density at radius 3 is 2.76 bits per heavy atom. The van der Waals surface area contributed by atoms with E-state index in [2.05, 4.69) is 25.2 Å². The zero-order valence-electron chi connectivity index (χ0n) is 10.8. The van der Waals surface area contributed by atoms with Crippen LogP contribution in [0.4, 0.5) is 0 Å². The number of benzene rings is 1. The van der Waals surface area contributed by atoms with E-state index >= 15 is 0 Å².